The fraction of sp³-hybridized carbons (Fsp3) is 0.462. The number of carbonyl (C=O) groups excluding carboxylic acids is 1. The maximum Gasteiger partial charge on any atom is 0.261 e. The Labute approximate surface area is 194 Å². The summed E-state index contributed by atoms with van der Waals surface area (Å²) in [6, 6.07) is 11.4. The van der Waals surface area contributed by atoms with Crippen molar-refractivity contribution in [2.75, 3.05) is 43.2 Å². The summed E-state index contributed by atoms with van der Waals surface area (Å²) in [5, 5.41) is 19.1. The minimum atomic E-state index is -0.238. The quantitative estimate of drug-likeness (QED) is 0.600. The lowest BCUT2D eigenvalue weighted by atomic mass is 9.85. The highest BCUT2D eigenvalue weighted by molar-refractivity contribution is 6.09. The van der Waals surface area contributed by atoms with E-state index in [1.54, 1.807) is 24.1 Å². The van der Waals surface area contributed by atoms with Crippen LogP contribution in [0.5, 0.6) is 5.75 Å². The maximum absolute atomic E-state index is 13.3. The average Bonchev–Trinajstić information content (AvgIpc) is 3.25. The number of fused-ring (bicyclic) bond motifs is 1. The van der Waals surface area contributed by atoms with Crippen LogP contribution in [-0.4, -0.2) is 54.6 Å². The van der Waals surface area contributed by atoms with Gasteiger partial charge in [-0.2, -0.15) is 5.10 Å². The van der Waals surface area contributed by atoms with Gasteiger partial charge >= 0.3 is 0 Å². The molecule has 1 saturated carbocycles. The van der Waals surface area contributed by atoms with E-state index in [1.165, 1.54) is 32.1 Å². The zero-order chi connectivity index (χ0) is 22.8. The molecule has 0 bridgehead atoms. The van der Waals surface area contributed by atoms with E-state index >= 15 is 0 Å². The van der Waals surface area contributed by atoms with Crippen molar-refractivity contribution in [2.45, 2.75) is 38.5 Å². The first-order valence-corrected chi connectivity index (χ1v) is 12.0. The van der Waals surface area contributed by atoms with Crippen molar-refractivity contribution in [3.05, 3.63) is 47.7 Å². The van der Waals surface area contributed by atoms with Crippen LogP contribution in [0.3, 0.4) is 0 Å². The van der Waals surface area contributed by atoms with Gasteiger partial charge in [-0.1, -0.05) is 32.1 Å². The van der Waals surface area contributed by atoms with Crippen LogP contribution in [0.25, 0.3) is 10.9 Å². The molecule has 1 aliphatic carbocycles. The number of aromatic nitrogens is 2. The van der Waals surface area contributed by atoms with Crippen molar-refractivity contribution in [1.29, 1.82) is 0 Å². The molecular weight excluding hydrogens is 416 g/mol. The number of aromatic hydroxyl groups is 1. The molecule has 7 heteroatoms. The SMILES string of the molecule is CN(C(=O)c1cc2c(CC3CCCCC3)n[nH]c2cc1O)c1ccc(N2CCOCC2)cc1. The fourth-order valence-electron chi connectivity index (χ4n) is 5.11. The summed E-state index contributed by atoms with van der Waals surface area (Å²) in [5.41, 5.74) is 3.97. The van der Waals surface area contributed by atoms with Crippen molar-refractivity contribution >= 4 is 28.2 Å². The summed E-state index contributed by atoms with van der Waals surface area (Å²) in [4.78, 5) is 17.2. The van der Waals surface area contributed by atoms with Crippen molar-refractivity contribution in [3.8, 4) is 5.75 Å². The van der Waals surface area contributed by atoms with Gasteiger partial charge in [-0.3, -0.25) is 9.89 Å². The van der Waals surface area contributed by atoms with Gasteiger partial charge in [0.25, 0.3) is 5.91 Å². The van der Waals surface area contributed by atoms with E-state index in [1.807, 2.05) is 24.3 Å². The molecule has 5 rings (SSSR count). The van der Waals surface area contributed by atoms with E-state index in [0.717, 1.165) is 60.7 Å². The normalized spacial score (nSPS) is 17.4. The van der Waals surface area contributed by atoms with Gasteiger partial charge in [-0.05, 0) is 42.7 Å². The lowest BCUT2D eigenvalue weighted by Gasteiger charge is -2.29. The van der Waals surface area contributed by atoms with Gasteiger partial charge < -0.3 is 19.6 Å². The highest BCUT2D eigenvalue weighted by Crippen LogP contribution is 2.32. The number of H-pyrrole nitrogens is 1. The third-order valence-electron chi connectivity index (χ3n) is 7.11. The topological polar surface area (TPSA) is 81.7 Å². The molecule has 2 N–H and O–H groups in total. The van der Waals surface area contributed by atoms with Crippen LogP contribution in [0.4, 0.5) is 11.4 Å². The summed E-state index contributed by atoms with van der Waals surface area (Å²) >= 11 is 0. The molecular formula is C26H32N4O3. The molecule has 1 aliphatic heterocycles. The Balaban J connectivity index is 1.36. The molecule has 3 aromatic rings. The highest BCUT2D eigenvalue weighted by Gasteiger charge is 2.22. The Morgan fingerprint density at radius 2 is 1.88 bits per heavy atom. The summed E-state index contributed by atoms with van der Waals surface area (Å²) in [5.74, 6) is 0.376. The van der Waals surface area contributed by atoms with Crippen LogP contribution >= 0.6 is 0 Å². The molecule has 0 radical (unpaired) electrons. The first kappa shape index (κ1) is 21.8. The lowest BCUT2D eigenvalue weighted by molar-refractivity contribution is 0.0990. The summed E-state index contributed by atoms with van der Waals surface area (Å²) < 4.78 is 5.43. The van der Waals surface area contributed by atoms with Crippen LogP contribution < -0.4 is 9.80 Å². The van der Waals surface area contributed by atoms with Crippen LogP contribution in [0, 0.1) is 5.92 Å². The molecule has 7 nitrogen and oxygen atoms in total. The zero-order valence-corrected chi connectivity index (χ0v) is 19.2. The van der Waals surface area contributed by atoms with Crippen molar-refractivity contribution in [3.63, 3.8) is 0 Å². The number of aromatic amines is 1. The molecule has 2 aromatic carbocycles. The number of morpholine rings is 1. The number of amides is 1. The van der Waals surface area contributed by atoms with E-state index in [0.29, 0.717) is 11.5 Å². The minimum Gasteiger partial charge on any atom is -0.507 e. The van der Waals surface area contributed by atoms with Crippen LogP contribution in [-0.2, 0) is 11.2 Å². The summed E-state index contributed by atoms with van der Waals surface area (Å²) in [7, 11) is 1.74. The molecule has 1 aromatic heterocycles. The van der Waals surface area contributed by atoms with E-state index < -0.39 is 0 Å². The molecule has 174 valence electrons. The second-order valence-electron chi connectivity index (χ2n) is 9.27. The van der Waals surface area contributed by atoms with Gasteiger partial charge in [0.2, 0.25) is 0 Å². The van der Waals surface area contributed by atoms with Gasteiger partial charge in [0.1, 0.15) is 5.75 Å². The first-order valence-electron chi connectivity index (χ1n) is 12.0. The number of phenolic OH excluding ortho intramolecular Hbond substituents is 1. The molecule has 33 heavy (non-hydrogen) atoms. The molecule has 2 fully saturated rings. The van der Waals surface area contributed by atoms with E-state index in [2.05, 4.69) is 15.1 Å². The predicted molar refractivity (Wildman–Crippen MR) is 130 cm³/mol. The minimum absolute atomic E-state index is 0.0304. The Hall–Kier alpha value is -3.06. The van der Waals surface area contributed by atoms with Crippen molar-refractivity contribution in [1.82, 2.24) is 10.2 Å². The number of rotatable bonds is 5. The van der Waals surface area contributed by atoms with Crippen LogP contribution in [0.1, 0.15) is 48.2 Å². The number of hydrogen-bond donors (Lipinski definition) is 2. The Bertz CT molecular complexity index is 1110. The maximum atomic E-state index is 13.3. The van der Waals surface area contributed by atoms with Gasteiger partial charge in [0.05, 0.1) is 30.0 Å². The van der Waals surface area contributed by atoms with E-state index in [-0.39, 0.29) is 11.7 Å². The summed E-state index contributed by atoms with van der Waals surface area (Å²) in [6.07, 6.45) is 7.28. The highest BCUT2D eigenvalue weighted by atomic mass is 16.5. The monoisotopic (exact) mass is 448 g/mol. The molecule has 2 heterocycles. The average molecular weight is 449 g/mol. The van der Waals surface area contributed by atoms with Gasteiger partial charge in [0.15, 0.2) is 0 Å². The Morgan fingerprint density at radius 3 is 2.61 bits per heavy atom. The smallest absolute Gasteiger partial charge is 0.261 e. The number of carbonyl (C=O) groups is 1. The Morgan fingerprint density at radius 1 is 1.15 bits per heavy atom. The molecule has 0 unspecified atom stereocenters. The lowest BCUT2D eigenvalue weighted by Crippen LogP contribution is -2.36. The van der Waals surface area contributed by atoms with Gasteiger partial charge in [-0.25, -0.2) is 0 Å². The van der Waals surface area contributed by atoms with Crippen molar-refractivity contribution < 1.29 is 14.6 Å². The van der Waals surface area contributed by atoms with E-state index in [4.69, 9.17) is 4.74 Å². The van der Waals surface area contributed by atoms with Gasteiger partial charge in [-0.15, -0.1) is 0 Å². The fourth-order valence-corrected chi connectivity index (χ4v) is 5.11. The van der Waals surface area contributed by atoms with Crippen molar-refractivity contribution in [2.24, 2.45) is 5.92 Å². The van der Waals surface area contributed by atoms with Gasteiger partial charge in [0, 0.05) is 43.0 Å². The molecule has 0 atom stereocenters. The first-order chi connectivity index (χ1) is 16.1. The number of nitrogens with one attached hydrogen (secondary N) is 1. The van der Waals surface area contributed by atoms with Crippen LogP contribution in [0.15, 0.2) is 36.4 Å². The van der Waals surface area contributed by atoms with E-state index in [9.17, 15) is 9.90 Å². The summed E-state index contributed by atoms with van der Waals surface area (Å²) in [6.45, 7) is 3.21. The standard InChI is InChI=1S/C26H32N4O3/c1-29(19-7-9-20(10-8-19)30-11-13-33-14-12-30)26(32)22-16-21-23(15-18-5-3-2-4-6-18)27-28-24(21)17-25(22)31/h7-10,16-18,31H,2-6,11-15H2,1H3,(H,27,28). The second kappa shape index (κ2) is 9.43. The number of anilines is 2. The predicted octanol–water partition coefficient (Wildman–Crippen LogP) is 4.50. The number of hydrogen-bond acceptors (Lipinski definition) is 5. The molecule has 1 amide bonds. The number of nitrogens with zero attached hydrogens (tertiary/aromatic N) is 3. The molecule has 1 saturated heterocycles. The number of ether oxygens (including phenoxy) is 1. The van der Waals surface area contributed by atoms with Crippen LogP contribution in [0.2, 0.25) is 0 Å². The Kier molecular flexibility index (Phi) is 6.22. The molecule has 2 aliphatic rings. The third kappa shape index (κ3) is 4.55. The third-order valence-corrected chi connectivity index (χ3v) is 7.11. The number of phenols is 1. The number of benzene rings is 2. The second-order valence-corrected chi connectivity index (χ2v) is 9.27. The molecule has 0 spiro atoms. The zero-order valence-electron chi connectivity index (χ0n) is 19.2. The largest absolute Gasteiger partial charge is 0.507 e.